The first-order valence-corrected chi connectivity index (χ1v) is 8.46. The van der Waals surface area contributed by atoms with Crippen molar-refractivity contribution in [2.45, 2.75) is 6.92 Å². The lowest BCUT2D eigenvalue weighted by atomic mass is 10.2. The maximum atomic E-state index is 8.36. The summed E-state index contributed by atoms with van der Waals surface area (Å²) in [6.07, 6.45) is 5.77. The molecule has 0 aliphatic rings. The lowest BCUT2D eigenvalue weighted by molar-refractivity contribution is -0.122. The standard InChI is InChI=1S/C18H23N5O.CH2O2/c1-14-17(13-22(4)20-14)23-10-9-19-18(23)15-5-7-16(8-6-15)24-12-11-21(2)3;2-1-3/h5-10,13H,11-12H2,1-4H3;1H,(H,2,3). The number of carbonyl (C=O) groups is 1. The Labute approximate surface area is 158 Å². The van der Waals surface area contributed by atoms with Crippen LogP contribution in [0.2, 0.25) is 0 Å². The summed E-state index contributed by atoms with van der Waals surface area (Å²) in [4.78, 5) is 15.0. The van der Waals surface area contributed by atoms with Crippen LogP contribution in [0.15, 0.2) is 42.9 Å². The van der Waals surface area contributed by atoms with Gasteiger partial charge in [0.15, 0.2) is 0 Å². The van der Waals surface area contributed by atoms with Crippen molar-refractivity contribution in [2.75, 3.05) is 27.2 Å². The molecule has 8 heteroatoms. The molecule has 3 aromatic rings. The molecule has 1 N–H and O–H groups in total. The highest BCUT2D eigenvalue weighted by Gasteiger charge is 2.12. The molecule has 0 unspecified atom stereocenters. The van der Waals surface area contributed by atoms with Crippen molar-refractivity contribution in [3.8, 4) is 22.8 Å². The minimum absolute atomic E-state index is 0.250. The Morgan fingerprint density at radius 3 is 2.48 bits per heavy atom. The number of likely N-dealkylation sites (N-methyl/N-ethyl adjacent to an activating group) is 1. The van der Waals surface area contributed by atoms with Gasteiger partial charge in [0.25, 0.3) is 6.47 Å². The second-order valence-electron chi connectivity index (χ2n) is 6.18. The summed E-state index contributed by atoms with van der Waals surface area (Å²) in [6, 6.07) is 8.05. The molecule has 0 radical (unpaired) electrons. The van der Waals surface area contributed by atoms with Crippen LogP contribution in [-0.2, 0) is 11.8 Å². The molecule has 27 heavy (non-hydrogen) atoms. The van der Waals surface area contributed by atoms with Gasteiger partial charge in [-0.1, -0.05) is 0 Å². The minimum atomic E-state index is -0.250. The van der Waals surface area contributed by atoms with Gasteiger partial charge in [-0.2, -0.15) is 5.10 Å². The van der Waals surface area contributed by atoms with Crippen LogP contribution in [0.25, 0.3) is 17.1 Å². The number of nitrogens with zero attached hydrogens (tertiary/aromatic N) is 5. The van der Waals surface area contributed by atoms with Gasteiger partial charge in [-0.15, -0.1) is 0 Å². The Kier molecular flexibility index (Phi) is 7.13. The molecule has 0 saturated heterocycles. The zero-order valence-corrected chi connectivity index (χ0v) is 16.0. The first kappa shape index (κ1) is 20.2. The van der Waals surface area contributed by atoms with Crippen molar-refractivity contribution in [1.29, 1.82) is 0 Å². The molecule has 2 aromatic heterocycles. The van der Waals surface area contributed by atoms with Crippen molar-refractivity contribution in [3.05, 3.63) is 48.5 Å². The second-order valence-corrected chi connectivity index (χ2v) is 6.18. The van der Waals surface area contributed by atoms with Gasteiger partial charge in [0, 0.05) is 37.7 Å². The van der Waals surface area contributed by atoms with Gasteiger partial charge in [0.1, 0.15) is 18.2 Å². The van der Waals surface area contributed by atoms with Crippen molar-refractivity contribution < 1.29 is 14.6 Å². The molecular formula is C19H25N5O3. The predicted octanol–water partition coefficient (Wildman–Crippen LogP) is 2.22. The Morgan fingerprint density at radius 1 is 1.26 bits per heavy atom. The third kappa shape index (κ3) is 5.42. The normalized spacial score (nSPS) is 10.4. The van der Waals surface area contributed by atoms with E-state index in [2.05, 4.69) is 19.5 Å². The van der Waals surface area contributed by atoms with Crippen LogP contribution in [0.1, 0.15) is 5.69 Å². The Balaban J connectivity index is 0.000000817. The molecule has 0 aliphatic heterocycles. The van der Waals surface area contributed by atoms with Crippen molar-refractivity contribution in [1.82, 2.24) is 24.2 Å². The van der Waals surface area contributed by atoms with E-state index in [1.165, 1.54) is 0 Å². The van der Waals surface area contributed by atoms with Crippen LogP contribution < -0.4 is 4.74 Å². The van der Waals surface area contributed by atoms with Crippen LogP contribution in [0.4, 0.5) is 0 Å². The molecule has 0 fully saturated rings. The molecule has 144 valence electrons. The summed E-state index contributed by atoms with van der Waals surface area (Å²) in [7, 11) is 5.99. The molecular weight excluding hydrogens is 346 g/mol. The number of carboxylic acid groups (broad SMARTS) is 1. The Morgan fingerprint density at radius 2 is 1.93 bits per heavy atom. The first-order valence-electron chi connectivity index (χ1n) is 8.46. The third-order valence-corrected chi connectivity index (χ3v) is 3.81. The number of hydrogen-bond acceptors (Lipinski definition) is 5. The number of hydrogen-bond donors (Lipinski definition) is 1. The third-order valence-electron chi connectivity index (χ3n) is 3.81. The summed E-state index contributed by atoms with van der Waals surface area (Å²) in [5.74, 6) is 1.77. The van der Waals surface area contributed by atoms with Gasteiger partial charge in [-0.05, 0) is 45.3 Å². The van der Waals surface area contributed by atoms with Gasteiger partial charge in [0.2, 0.25) is 0 Å². The average Bonchev–Trinajstić information content (AvgIpc) is 3.22. The van der Waals surface area contributed by atoms with E-state index in [0.717, 1.165) is 35.1 Å². The molecule has 1 aromatic carbocycles. The highest BCUT2D eigenvalue weighted by atomic mass is 16.5. The van der Waals surface area contributed by atoms with E-state index >= 15 is 0 Å². The summed E-state index contributed by atoms with van der Waals surface area (Å²) >= 11 is 0. The largest absolute Gasteiger partial charge is 0.492 e. The van der Waals surface area contributed by atoms with E-state index < -0.39 is 0 Å². The summed E-state index contributed by atoms with van der Waals surface area (Å²) in [6.45, 7) is 3.32. The molecule has 0 aliphatic carbocycles. The lowest BCUT2D eigenvalue weighted by Gasteiger charge is -2.11. The Hall–Kier alpha value is -3.13. The van der Waals surface area contributed by atoms with E-state index in [-0.39, 0.29) is 6.47 Å². The number of aryl methyl sites for hydroxylation is 2. The minimum Gasteiger partial charge on any atom is -0.492 e. The monoisotopic (exact) mass is 371 g/mol. The molecule has 2 heterocycles. The van der Waals surface area contributed by atoms with Gasteiger partial charge >= 0.3 is 0 Å². The maximum Gasteiger partial charge on any atom is 0.290 e. The first-order chi connectivity index (χ1) is 13.0. The van der Waals surface area contributed by atoms with Gasteiger partial charge in [0.05, 0.1) is 11.4 Å². The summed E-state index contributed by atoms with van der Waals surface area (Å²) < 4.78 is 9.62. The number of imidazole rings is 1. The van der Waals surface area contributed by atoms with Crippen LogP contribution in [-0.4, -0.2) is 63.1 Å². The fraction of sp³-hybridized carbons (Fsp3) is 0.316. The highest BCUT2D eigenvalue weighted by Crippen LogP contribution is 2.24. The fourth-order valence-corrected chi connectivity index (χ4v) is 2.58. The quantitative estimate of drug-likeness (QED) is 0.669. The molecule has 0 spiro atoms. The van der Waals surface area contributed by atoms with E-state index in [1.807, 2.05) is 75.6 Å². The topological polar surface area (TPSA) is 85.4 Å². The number of rotatable bonds is 6. The van der Waals surface area contributed by atoms with E-state index in [0.29, 0.717) is 6.61 Å². The lowest BCUT2D eigenvalue weighted by Crippen LogP contribution is -2.19. The number of aromatic nitrogens is 4. The highest BCUT2D eigenvalue weighted by molar-refractivity contribution is 5.60. The van der Waals surface area contributed by atoms with Crippen molar-refractivity contribution in [2.24, 2.45) is 7.05 Å². The second kappa shape index (κ2) is 9.54. The smallest absolute Gasteiger partial charge is 0.290 e. The van der Waals surface area contributed by atoms with E-state index in [1.54, 1.807) is 0 Å². The molecule has 0 atom stereocenters. The summed E-state index contributed by atoms with van der Waals surface area (Å²) in [5.41, 5.74) is 3.06. The maximum absolute atomic E-state index is 8.36. The van der Waals surface area contributed by atoms with Gasteiger partial charge < -0.3 is 14.7 Å². The average molecular weight is 371 g/mol. The van der Waals surface area contributed by atoms with Crippen LogP contribution in [0, 0.1) is 6.92 Å². The predicted molar refractivity (Wildman–Crippen MR) is 103 cm³/mol. The zero-order valence-electron chi connectivity index (χ0n) is 16.0. The molecule has 3 rings (SSSR count). The molecule has 8 nitrogen and oxygen atoms in total. The fourth-order valence-electron chi connectivity index (χ4n) is 2.58. The van der Waals surface area contributed by atoms with Crippen LogP contribution >= 0.6 is 0 Å². The molecule has 0 saturated carbocycles. The van der Waals surface area contributed by atoms with Crippen LogP contribution in [0.3, 0.4) is 0 Å². The number of ether oxygens (including phenoxy) is 1. The van der Waals surface area contributed by atoms with Gasteiger partial charge in [-0.25, -0.2) is 4.98 Å². The molecule has 0 amide bonds. The zero-order chi connectivity index (χ0) is 19.8. The van der Waals surface area contributed by atoms with E-state index in [4.69, 9.17) is 14.6 Å². The number of benzene rings is 1. The molecule has 0 bridgehead atoms. The van der Waals surface area contributed by atoms with E-state index in [9.17, 15) is 0 Å². The Bertz CT molecular complexity index is 853. The van der Waals surface area contributed by atoms with Crippen molar-refractivity contribution >= 4 is 6.47 Å². The van der Waals surface area contributed by atoms with Gasteiger partial charge in [-0.3, -0.25) is 14.0 Å². The SMILES string of the molecule is Cc1nn(C)cc1-n1ccnc1-c1ccc(OCCN(C)C)cc1.O=CO. The van der Waals surface area contributed by atoms with Crippen LogP contribution in [0.5, 0.6) is 5.75 Å². The summed E-state index contributed by atoms with van der Waals surface area (Å²) in [5, 5.41) is 11.3. The van der Waals surface area contributed by atoms with Crippen molar-refractivity contribution in [3.63, 3.8) is 0 Å².